The molecule has 2 unspecified atom stereocenters. The Bertz CT molecular complexity index is 1210. The van der Waals surface area contributed by atoms with Crippen molar-refractivity contribution in [1.82, 2.24) is 10.2 Å². The van der Waals surface area contributed by atoms with Crippen LogP contribution >= 0.6 is 23.4 Å². The van der Waals surface area contributed by atoms with Crippen molar-refractivity contribution in [2.75, 3.05) is 18.5 Å². The Labute approximate surface area is 239 Å². The smallest absolute Gasteiger partial charge is 0.248 e. The first kappa shape index (κ1) is 28.0. The summed E-state index contributed by atoms with van der Waals surface area (Å²) in [6.45, 7) is 3.09. The zero-order valence-electron chi connectivity index (χ0n) is 22.2. The summed E-state index contributed by atoms with van der Waals surface area (Å²) in [5.41, 5.74) is 1.63. The van der Waals surface area contributed by atoms with Crippen molar-refractivity contribution >= 4 is 46.8 Å². The van der Waals surface area contributed by atoms with Gasteiger partial charge in [-0.15, -0.1) is 11.8 Å². The molecule has 39 heavy (non-hydrogen) atoms. The van der Waals surface area contributed by atoms with Gasteiger partial charge in [0.1, 0.15) is 6.04 Å². The molecule has 3 aliphatic heterocycles. The van der Waals surface area contributed by atoms with Crippen LogP contribution in [0.2, 0.25) is 5.02 Å². The Morgan fingerprint density at radius 1 is 1.03 bits per heavy atom. The molecule has 3 saturated heterocycles. The van der Waals surface area contributed by atoms with Crippen molar-refractivity contribution in [2.24, 2.45) is 11.8 Å². The average Bonchev–Trinajstić information content (AvgIpc) is 3.49. The molecular formula is C30H36ClN3O4S. The number of aliphatic hydroxyl groups excluding tert-OH is 1. The number of amides is 3. The number of anilines is 1. The van der Waals surface area contributed by atoms with E-state index >= 15 is 0 Å². The van der Waals surface area contributed by atoms with Crippen LogP contribution in [0.5, 0.6) is 0 Å². The highest BCUT2D eigenvalue weighted by atomic mass is 35.5. The minimum Gasteiger partial charge on any atom is -0.396 e. The van der Waals surface area contributed by atoms with Gasteiger partial charge in [-0.05, 0) is 62.4 Å². The minimum absolute atomic E-state index is 0.0933. The van der Waals surface area contributed by atoms with Crippen LogP contribution in [0.3, 0.4) is 0 Å². The third-order valence-electron chi connectivity index (χ3n) is 8.54. The highest BCUT2D eigenvalue weighted by Gasteiger charge is 2.76. The molecule has 2 bridgehead atoms. The van der Waals surface area contributed by atoms with Crippen molar-refractivity contribution in [1.29, 1.82) is 0 Å². The van der Waals surface area contributed by atoms with Gasteiger partial charge in [0.25, 0.3) is 0 Å². The maximum atomic E-state index is 14.1. The Balaban J connectivity index is 1.41. The first-order valence-corrected chi connectivity index (χ1v) is 15.0. The lowest BCUT2D eigenvalue weighted by atomic mass is 9.66. The molecule has 208 valence electrons. The Morgan fingerprint density at radius 2 is 1.74 bits per heavy atom. The second-order valence-corrected chi connectivity index (χ2v) is 13.4. The highest BCUT2D eigenvalue weighted by molar-refractivity contribution is 8.02. The molecule has 2 aromatic carbocycles. The molecule has 5 rings (SSSR count). The van der Waals surface area contributed by atoms with Crippen LogP contribution in [0.4, 0.5) is 5.69 Å². The molecule has 3 aliphatic rings. The number of carbonyl (C=O) groups is 3. The Morgan fingerprint density at radius 3 is 2.46 bits per heavy atom. The van der Waals surface area contributed by atoms with E-state index < -0.39 is 27.4 Å². The number of benzene rings is 2. The number of nitrogens with one attached hydrogen (secondary N) is 2. The fourth-order valence-corrected chi connectivity index (χ4v) is 9.24. The first-order chi connectivity index (χ1) is 18.8. The lowest BCUT2D eigenvalue weighted by Gasteiger charge is -2.34. The fraction of sp³-hybridized carbons (Fsp3) is 0.500. The standard InChI is InChI=1S/C30H36ClN3O4S/c1-29-15-16-30(39-29)24(23(29)26(36)32-19-20-9-5-4-6-10-20)28(38)34(17-7-2-3-8-18-35)25(30)27(37)33-22-13-11-21(31)12-14-22/h4-6,9-14,23-25,35H,2-3,7-8,15-19H2,1H3,(H,32,36)(H,33,37)/t23-,24+,25?,29+,30?/m1/s1. The number of unbranched alkanes of at least 4 members (excludes halogenated alkanes) is 3. The number of aliphatic hydroxyl groups is 1. The molecule has 2 aromatic rings. The van der Waals surface area contributed by atoms with E-state index in [1.807, 2.05) is 30.3 Å². The number of carbonyl (C=O) groups excluding carboxylic acids is 3. The Hall–Kier alpha value is -2.55. The molecular weight excluding hydrogens is 534 g/mol. The van der Waals surface area contributed by atoms with Gasteiger partial charge < -0.3 is 20.6 Å². The second-order valence-electron chi connectivity index (χ2n) is 11.1. The number of rotatable bonds is 11. The zero-order chi connectivity index (χ0) is 27.6. The van der Waals surface area contributed by atoms with E-state index in [1.54, 1.807) is 40.9 Å². The summed E-state index contributed by atoms with van der Waals surface area (Å²) in [5.74, 6) is -1.47. The normalized spacial score (nSPS) is 28.9. The summed E-state index contributed by atoms with van der Waals surface area (Å²) in [5, 5.41) is 15.8. The van der Waals surface area contributed by atoms with Crippen molar-refractivity contribution in [3.8, 4) is 0 Å². The minimum atomic E-state index is -0.665. The van der Waals surface area contributed by atoms with Crippen molar-refractivity contribution in [3.05, 3.63) is 65.2 Å². The Kier molecular flexibility index (Phi) is 8.26. The molecule has 0 saturated carbocycles. The van der Waals surface area contributed by atoms with E-state index in [0.29, 0.717) is 30.2 Å². The van der Waals surface area contributed by atoms with Gasteiger partial charge in [-0.25, -0.2) is 0 Å². The largest absolute Gasteiger partial charge is 0.396 e. The van der Waals surface area contributed by atoms with Crippen LogP contribution in [0.1, 0.15) is 51.0 Å². The lowest BCUT2D eigenvalue weighted by molar-refractivity contribution is -0.140. The molecule has 3 heterocycles. The molecule has 7 nitrogen and oxygen atoms in total. The second kappa shape index (κ2) is 11.5. The van der Waals surface area contributed by atoms with E-state index in [1.165, 1.54) is 0 Å². The molecule has 0 radical (unpaired) electrons. The lowest BCUT2D eigenvalue weighted by Crippen LogP contribution is -2.52. The molecule has 0 aliphatic carbocycles. The van der Waals surface area contributed by atoms with Crippen LogP contribution in [0, 0.1) is 11.8 Å². The molecule has 9 heteroatoms. The molecule has 3 amide bonds. The maximum absolute atomic E-state index is 14.1. The van der Waals surface area contributed by atoms with E-state index in [-0.39, 0.29) is 24.3 Å². The van der Waals surface area contributed by atoms with E-state index in [0.717, 1.165) is 37.7 Å². The van der Waals surface area contributed by atoms with Crippen molar-refractivity contribution in [2.45, 2.75) is 67.5 Å². The molecule has 3 fully saturated rings. The summed E-state index contributed by atoms with van der Waals surface area (Å²) in [7, 11) is 0. The number of hydrogen-bond acceptors (Lipinski definition) is 5. The predicted molar refractivity (Wildman–Crippen MR) is 154 cm³/mol. The number of fused-ring (bicyclic) bond motifs is 1. The summed E-state index contributed by atoms with van der Waals surface area (Å²) in [6.07, 6.45) is 4.68. The molecule has 3 N–H and O–H groups in total. The van der Waals surface area contributed by atoms with E-state index in [9.17, 15) is 14.4 Å². The quantitative estimate of drug-likeness (QED) is 0.343. The average molecular weight is 570 g/mol. The topological polar surface area (TPSA) is 98.7 Å². The fourth-order valence-electron chi connectivity index (χ4n) is 6.75. The number of nitrogens with zero attached hydrogens (tertiary/aromatic N) is 1. The summed E-state index contributed by atoms with van der Waals surface area (Å²) in [4.78, 5) is 43.5. The molecule has 0 aromatic heterocycles. The predicted octanol–water partition coefficient (Wildman–Crippen LogP) is 4.63. The monoisotopic (exact) mass is 569 g/mol. The van der Waals surface area contributed by atoms with Gasteiger partial charge in [-0.2, -0.15) is 0 Å². The maximum Gasteiger partial charge on any atom is 0.248 e. The number of thioether (sulfide) groups is 1. The highest BCUT2D eigenvalue weighted by Crippen LogP contribution is 2.71. The van der Waals surface area contributed by atoms with Gasteiger partial charge in [-0.1, -0.05) is 54.8 Å². The number of halogens is 1. The third kappa shape index (κ3) is 5.31. The van der Waals surface area contributed by atoms with Crippen LogP contribution in [-0.4, -0.2) is 56.4 Å². The van der Waals surface area contributed by atoms with Crippen LogP contribution in [-0.2, 0) is 20.9 Å². The van der Waals surface area contributed by atoms with E-state index in [4.69, 9.17) is 16.7 Å². The van der Waals surface area contributed by atoms with Crippen molar-refractivity contribution < 1.29 is 19.5 Å². The first-order valence-electron chi connectivity index (χ1n) is 13.8. The number of likely N-dealkylation sites (tertiary alicyclic amines) is 1. The van der Waals surface area contributed by atoms with Crippen LogP contribution < -0.4 is 10.6 Å². The van der Waals surface area contributed by atoms with Crippen LogP contribution in [0.15, 0.2) is 54.6 Å². The molecule has 1 spiro atoms. The third-order valence-corrected chi connectivity index (χ3v) is 10.8. The van der Waals surface area contributed by atoms with Gasteiger partial charge in [0.2, 0.25) is 17.7 Å². The van der Waals surface area contributed by atoms with E-state index in [2.05, 4.69) is 17.6 Å². The zero-order valence-corrected chi connectivity index (χ0v) is 23.8. The SMILES string of the molecule is C[C@@]12CCC3(S1)C(C(=O)Nc1ccc(Cl)cc1)N(CCCCCCO)C(=O)[C@@H]3[C@@H]2C(=O)NCc1ccccc1. The van der Waals surface area contributed by atoms with Gasteiger partial charge in [0.05, 0.1) is 16.6 Å². The summed E-state index contributed by atoms with van der Waals surface area (Å²) < 4.78 is -1.06. The van der Waals surface area contributed by atoms with Gasteiger partial charge in [0.15, 0.2) is 0 Å². The van der Waals surface area contributed by atoms with Gasteiger partial charge in [-0.3, -0.25) is 14.4 Å². The molecule has 5 atom stereocenters. The summed E-state index contributed by atoms with van der Waals surface area (Å²) in [6, 6.07) is 16.0. The van der Waals surface area contributed by atoms with Gasteiger partial charge >= 0.3 is 0 Å². The van der Waals surface area contributed by atoms with Gasteiger partial charge in [0, 0.05) is 35.2 Å². The summed E-state index contributed by atoms with van der Waals surface area (Å²) >= 11 is 7.71. The van der Waals surface area contributed by atoms with Crippen LogP contribution in [0.25, 0.3) is 0 Å². The number of hydrogen-bond donors (Lipinski definition) is 3. The van der Waals surface area contributed by atoms with Crippen molar-refractivity contribution in [3.63, 3.8) is 0 Å².